The molecule has 0 amide bonds. The zero-order valence-corrected chi connectivity index (χ0v) is 17.0. The fourth-order valence-corrected chi connectivity index (χ4v) is 3.51. The van der Waals surface area contributed by atoms with E-state index < -0.39 is 5.97 Å². The molecule has 3 rings (SSSR count). The summed E-state index contributed by atoms with van der Waals surface area (Å²) in [6.45, 7) is 4.02. The second-order valence-corrected chi connectivity index (χ2v) is 5.71. The SMILES string of the molecule is CC1C2=C(CCC[CH-]2)C2=C1CCCC2.CCC(=O)O.C[O-].C[O-].[Ti+3]. The van der Waals surface area contributed by atoms with Crippen LogP contribution in [-0.4, -0.2) is 25.3 Å². The van der Waals surface area contributed by atoms with E-state index >= 15 is 0 Å². The van der Waals surface area contributed by atoms with Gasteiger partial charge in [0.15, 0.2) is 0 Å². The van der Waals surface area contributed by atoms with Gasteiger partial charge in [-0.25, -0.2) is 12.0 Å². The largest absolute Gasteiger partial charge is 3.00 e. The number of rotatable bonds is 1. The molecule has 24 heavy (non-hydrogen) atoms. The minimum atomic E-state index is -0.745. The van der Waals surface area contributed by atoms with Crippen LogP contribution in [0.15, 0.2) is 22.3 Å². The Morgan fingerprint density at radius 3 is 2.12 bits per heavy atom. The van der Waals surface area contributed by atoms with E-state index in [1.807, 2.05) is 0 Å². The Bertz CT molecular complexity index is 395. The van der Waals surface area contributed by atoms with E-state index in [1.54, 1.807) is 29.2 Å². The predicted molar refractivity (Wildman–Crippen MR) is 89.6 cm³/mol. The van der Waals surface area contributed by atoms with Crippen LogP contribution in [0.1, 0.15) is 65.2 Å². The molecule has 3 aliphatic rings. The van der Waals surface area contributed by atoms with Crippen LogP contribution in [0, 0.1) is 12.3 Å². The van der Waals surface area contributed by atoms with Crippen molar-refractivity contribution in [2.45, 2.75) is 65.2 Å². The minimum absolute atomic E-state index is 0. The number of carboxylic acid groups (broad SMARTS) is 1. The first-order valence-corrected chi connectivity index (χ1v) is 8.47. The Morgan fingerprint density at radius 2 is 1.58 bits per heavy atom. The number of carboxylic acids is 1. The molecular formula is C19H31O4Ti. The molecule has 1 atom stereocenters. The molecule has 1 unspecified atom stereocenters. The van der Waals surface area contributed by atoms with Gasteiger partial charge in [-0.2, -0.15) is 19.8 Å². The summed E-state index contributed by atoms with van der Waals surface area (Å²) in [5.41, 5.74) is 7.07. The standard InChI is InChI=1S/C14H19.C3H6O2.2CH3O.Ti/c1-10-11-6-2-4-8-13(11)14-9-5-3-7-12(10)14;1-2-3(4)5;2*1-2;/h6,10H,2-5,7-9H2,1H3;2H2,1H3,(H,4,5);2*1H3;/q-1;;2*-1;+3. The van der Waals surface area contributed by atoms with Gasteiger partial charge in [-0.15, -0.1) is 12.0 Å². The summed E-state index contributed by atoms with van der Waals surface area (Å²) in [5.74, 6) is 0.0330. The van der Waals surface area contributed by atoms with Crippen molar-refractivity contribution >= 4 is 5.97 Å². The van der Waals surface area contributed by atoms with Crippen molar-refractivity contribution < 1.29 is 41.8 Å². The van der Waals surface area contributed by atoms with Crippen LogP contribution in [0.5, 0.6) is 0 Å². The molecule has 1 N–H and O–H groups in total. The van der Waals surface area contributed by atoms with Gasteiger partial charge in [-0.1, -0.05) is 38.7 Å². The van der Waals surface area contributed by atoms with E-state index in [0.29, 0.717) is 0 Å². The van der Waals surface area contributed by atoms with Gasteiger partial charge in [0.2, 0.25) is 0 Å². The second kappa shape index (κ2) is 14.8. The molecule has 0 aromatic heterocycles. The van der Waals surface area contributed by atoms with E-state index in [0.717, 1.165) is 20.1 Å². The molecule has 4 nitrogen and oxygen atoms in total. The van der Waals surface area contributed by atoms with Crippen LogP contribution >= 0.6 is 0 Å². The monoisotopic (exact) mass is 371 g/mol. The summed E-state index contributed by atoms with van der Waals surface area (Å²) in [6, 6.07) is 0. The first kappa shape index (κ1) is 25.7. The third kappa shape index (κ3) is 7.14. The summed E-state index contributed by atoms with van der Waals surface area (Å²) < 4.78 is 0. The smallest absolute Gasteiger partial charge is 0.857 e. The molecule has 0 aromatic carbocycles. The minimum Gasteiger partial charge on any atom is -0.857 e. The Balaban J connectivity index is 0. The van der Waals surface area contributed by atoms with Crippen molar-refractivity contribution in [3.8, 4) is 0 Å². The maximum absolute atomic E-state index is 9.37. The van der Waals surface area contributed by atoms with Crippen molar-refractivity contribution in [2.75, 3.05) is 14.2 Å². The first-order chi connectivity index (χ1) is 11.1. The average Bonchev–Trinajstić information content (AvgIpc) is 2.93. The van der Waals surface area contributed by atoms with Gasteiger partial charge < -0.3 is 15.3 Å². The number of aliphatic carboxylic acids is 1. The molecule has 0 fully saturated rings. The molecule has 0 saturated carbocycles. The van der Waals surface area contributed by atoms with E-state index in [-0.39, 0.29) is 28.1 Å². The van der Waals surface area contributed by atoms with E-state index in [4.69, 9.17) is 15.3 Å². The average molecular weight is 371 g/mol. The van der Waals surface area contributed by atoms with Crippen LogP contribution in [0.25, 0.3) is 0 Å². The van der Waals surface area contributed by atoms with Gasteiger partial charge in [0, 0.05) is 6.42 Å². The molecular weight excluding hydrogens is 340 g/mol. The Labute approximate surface area is 161 Å². The van der Waals surface area contributed by atoms with Crippen LogP contribution in [0.3, 0.4) is 0 Å². The van der Waals surface area contributed by atoms with Crippen molar-refractivity contribution in [1.82, 2.24) is 0 Å². The second-order valence-electron chi connectivity index (χ2n) is 5.71. The number of fused-ring (bicyclic) bond motifs is 1. The van der Waals surface area contributed by atoms with E-state index in [9.17, 15) is 4.79 Å². The van der Waals surface area contributed by atoms with E-state index in [1.165, 1.54) is 44.9 Å². The zero-order chi connectivity index (χ0) is 17.8. The van der Waals surface area contributed by atoms with Gasteiger partial charge in [-0.3, -0.25) is 4.79 Å². The molecule has 135 valence electrons. The topological polar surface area (TPSA) is 83.4 Å². The maximum atomic E-state index is 9.37. The molecule has 5 heteroatoms. The van der Waals surface area contributed by atoms with Crippen molar-refractivity contribution in [3.05, 3.63) is 28.7 Å². The molecule has 0 heterocycles. The summed E-state index contributed by atoms with van der Waals surface area (Å²) in [7, 11) is 1.50. The van der Waals surface area contributed by atoms with Crippen molar-refractivity contribution in [2.24, 2.45) is 5.92 Å². The van der Waals surface area contributed by atoms with Gasteiger partial charge in [0.1, 0.15) is 0 Å². The fourth-order valence-electron chi connectivity index (χ4n) is 3.51. The Kier molecular flexibility index (Phi) is 15.8. The molecule has 1 radical (unpaired) electrons. The van der Waals surface area contributed by atoms with Crippen LogP contribution in [-0.2, 0) is 26.5 Å². The van der Waals surface area contributed by atoms with E-state index in [2.05, 4.69) is 13.3 Å². The van der Waals surface area contributed by atoms with Crippen LogP contribution < -0.4 is 10.2 Å². The first-order valence-electron chi connectivity index (χ1n) is 8.47. The third-order valence-corrected chi connectivity index (χ3v) is 4.51. The number of hydrogen-bond acceptors (Lipinski definition) is 3. The summed E-state index contributed by atoms with van der Waals surface area (Å²) in [5, 5.41) is 24.2. The quantitative estimate of drug-likeness (QED) is 0.567. The van der Waals surface area contributed by atoms with Gasteiger partial charge in [0.25, 0.3) is 0 Å². The molecule has 3 aliphatic carbocycles. The molecule has 0 aliphatic heterocycles. The Morgan fingerprint density at radius 1 is 1.08 bits per heavy atom. The zero-order valence-electron chi connectivity index (χ0n) is 15.5. The van der Waals surface area contributed by atoms with Gasteiger partial charge in [-0.05, 0) is 25.2 Å². The maximum Gasteiger partial charge on any atom is 3.00 e. The van der Waals surface area contributed by atoms with Gasteiger partial charge >= 0.3 is 27.7 Å². The predicted octanol–water partition coefficient (Wildman–Crippen LogP) is 2.62. The number of hydrogen-bond donors (Lipinski definition) is 1. The normalized spacial score (nSPS) is 20.3. The summed E-state index contributed by atoms with van der Waals surface area (Å²) in [4.78, 5) is 9.37. The van der Waals surface area contributed by atoms with Crippen molar-refractivity contribution in [3.63, 3.8) is 0 Å². The summed E-state index contributed by atoms with van der Waals surface area (Å²) >= 11 is 0. The molecule has 0 saturated heterocycles. The van der Waals surface area contributed by atoms with Crippen LogP contribution in [0.4, 0.5) is 0 Å². The van der Waals surface area contributed by atoms with Gasteiger partial charge in [0.05, 0.1) is 0 Å². The summed E-state index contributed by atoms with van der Waals surface area (Å²) in [6.07, 6.45) is 12.5. The van der Waals surface area contributed by atoms with Crippen LogP contribution in [0.2, 0.25) is 0 Å². The molecule has 0 spiro atoms. The molecule has 0 aromatic rings. The Hall–Kier alpha value is -0.546. The van der Waals surface area contributed by atoms with Crippen molar-refractivity contribution in [1.29, 1.82) is 0 Å². The number of carbonyl (C=O) groups is 1. The fraction of sp³-hybridized carbons (Fsp3) is 0.684. The molecule has 0 bridgehead atoms. The third-order valence-electron chi connectivity index (χ3n) is 4.51. The number of allylic oxidation sites excluding steroid dienone is 4.